The second kappa shape index (κ2) is 6.54. The summed E-state index contributed by atoms with van der Waals surface area (Å²) >= 11 is 0. The third-order valence-corrected chi connectivity index (χ3v) is 3.42. The van der Waals surface area contributed by atoms with Crippen molar-refractivity contribution in [3.63, 3.8) is 0 Å². The molecule has 2 atom stereocenters. The van der Waals surface area contributed by atoms with Gasteiger partial charge in [-0.25, -0.2) is 4.98 Å². The number of aromatic nitrogens is 2. The van der Waals surface area contributed by atoms with E-state index in [1.165, 1.54) is 6.42 Å². The molecule has 100 valence electrons. The van der Waals surface area contributed by atoms with Crippen molar-refractivity contribution in [3.05, 3.63) is 12.4 Å². The van der Waals surface area contributed by atoms with Crippen LogP contribution < -0.4 is 10.6 Å². The highest BCUT2D eigenvalue weighted by Crippen LogP contribution is 2.27. The maximum atomic E-state index is 9.30. The number of aliphatic hydroxyl groups excluding tert-OH is 1. The summed E-state index contributed by atoms with van der Waals surface area (Å²) in [6.45, 7) is 3.27. The molecular formula is C13H22N4O. The monoisotopic (exact) mass is 250 g/mol. The predicted molar refractivity (Wildman–Crippen MR) is 72.7 cm³/mol. The number of hydrogen-bond donors (Lipinski definition) is 3. The minimum Gasteiger partial charge on any atom is -0.396 e. The fraction of sp³-hybridized carbons (Fsp3) is 0.692. The lowest BCUT2D eigenvalue weighted by molar-refractivity contribution is 0.222. The molecule has 0 radical (unpaired) electrons. The van der Waals surface area contributed by atoms with Gasteiger partial charge in [0, 0.05) is 25.1 Å². The van der Waals surface area contributed by atoms with E-state index in [0.29, 0.717) is 12.0 Å². The Morgan fingerprint density at radius 3 is 2.94 bits per heavy atom. The zero-order valence-electron chi connectivity index (χ0n) is 10.9. The van der Waals surface area contributed by atoms with Crippen molar-refractivity contribution >= 4 is 11.6 Å². The Bertz CT molecular complexity index is 372. The third-order valence-electron chi connectivity index (χ3n) is 3.42. The Kier molecular flexibility index (Phi) is 4.75. The van der Waals surface area contributed by atoms with Gasteiger partial charge in [0.25, 0.3) is 0 Å². The molecule has 1 heterocycles. The van der Waals surface area contributed by atoms with Crippen LogP contribution in [0.25, 0.3) is 0 Å². The Morgan fingerprint density at radius 1 is 1.33 bits per heavy atom. The highest BCUT2D eigenvalue weighted by Gasteiger charge is 2.26. The van der Waals surface area contributed by atoms with Crippen LogP contribution in [-0.4, -0.2) is 34.3 Å². The van der Waals surface area contributed by atoms with Crippen molar-refractivity contribution in [2.45, 2.75) is 38.6 Å². The van der Waals surface area contributed by atoms with Crippen LogP contribution in [0.2, 0.25) is 0 Å². The fourth-order valence-corrected chi connectivity index (χ4v) is 2.41. The van der Waals surface area contributed by atoms with Crippen molar-refractivity contribution in [2.24, 2.45) is 5.92 Å². The van der Waals surface area contributed by atoms with Crippen LogP contribution in [0.3, 0.4) is 0 Å². The lowest BCUT2D eigenvalue weighted by Gasteiger charge is -2.19. The second-order valence-electron chi connectivity index (χ2n) is 4.84. The van der Waals surface area contributed by atoms with Gasteiger partial charge in [0.2, 0.25) is 0 Å². The number of nitrogens with one attached hydrogen (secondary N) is 2. The van der Waals surface area contributed by atoms with Crippen molar-refractivity contribution in [2.75, 3.05) is 23.8 Å². The maximum absolute atomic E-state index is 9.30. The number of anilines is 2. The van der Waals surface area contributed by atoms with E-state index in [1.54, 1.807) is 12.4 Å². The minimum absolute atomic E-state index is 0.249. The average molecular weight is 250 g/mol. The van der Waals surface area contributed by atoms with Gasteiger partial charge < -0.3 is 15.7 Å². The summed E-state index contributed by atoms with van der Waals surface area (Å²) in [6, 6.07) is 0.325. The Balaban J connectivity index is 1.96. The molecule has 2 unspecified atom stereocenters. The lowest BCUT2D eigenvalue weighted by Crippen LogP contribution is -2.27. The number of rotatable bonds is 6. The highest BCUT2D eigenvalue weighted by molar-refractivity contribution is 5.42. The van der Waals surface area contributed by atoms with E-state index >= 15 is 0 Å². The zero-order valence-corrected chi connectivity index (χ0v) is 10.9. The van der Waals surface area contributed by atoms with Gasteiger partial charge in [-0.2, -0.15) is 0 Å². The summed E-state index contributed by atoms with van der Waals surface area (Å²) in [7, 11) is 0. The molecule has 0 bridgehead atoms. The maximum Gasteiger partial charge on any atom is 0.147 e. The van der Waals surface area contributed by atoms with Gasteiger partial charge in [-0.15, -0.1) is 0 Å². The first-order chi connectivity index (χ1) is 8.83. The van der Waals surface area contributed by atoms with E-state index in [4.69, 9.17) is 0 Å². The zero-order chi connectivity index (χ0) is 12.8. The molecule has 1 aromatic heterocycles. The fourth-order valence-electron chi connectivity index (χ4n) is 2.41. The smallest absolute Gasteiger partial charge is 0.147 e. The molecule has 2 rings (SSSR count). The SMILES string of the molecule is CCCNc1cncc(NC2CCCC2CO)n1. The summed E-state index contributed by atoms with van der Waals surface area (Å²) in [5.74, 6) is 1.95. The van der Waals surface area contributed by atoms with Crippen molar-refractivity contribution in [1.82, 2.24) is 9.97 Å². The van der Waals surface area contributed by atoms with Gasteiger partial charge in [0.15, 0.2) is 0 Å². The summed E-state index contributed by atoms with van der Waals surface area (Å²) in [5, 5.41) is 15.9. The first-order valence-electron chi connectivity index (χ1n) is 6.76. The van der Waals surface area contributed by atoms with Crippen molar-refractivity contribution in [1.29, 1.82) is 0 Å². The topological polar surface area (TPSA) is 70.1 Å². The van der Waals surface area contributed by atoms with Crippen LogP contribution >= 0.6 is 0 Å². The van der Waals surface area contributed by atoms with E-state index in [9.17, 15) is 5.11 Å². The molecule has 1 aliphatic rings. The van der Waals surface area contributed by atoms with E-state index in [-0.39, 0.29) is 6.61 Å². The molecule has 1 aliphatic carbocycles. The lowest BCUT2D eigenvalue weighted by atomic mass is 10.1. The Morgan fingerprint density at radius 2 is 2.17 bits per heavy atom. The predicted octanol–water partition coefficient (Wildman–Crippen LogP) is 1.87. The van der Waals surface area contributed by atoms with E-state index in [1.807, 2.05) is 0 Å². The molecular weight excluding hydrogens is 228 g/mol. The number of hydrogen-bond acceptors (Lipinski definition) is 5. The second-order valence-corrected chi connectivity index (χ2v) is 4.84. The first kappa shape index (κ1) is 13.1. The molecule has 0 saturated heterocycles. The molecule has 0 amide bonds. The van der Waals surface area contributed by atoms with Crippen LogP contribution in [0.5, 0.6) is 0 Å². The average Bonchev–Trinajstić information content (AvgIpc) is 2.84. The van der Waals surface area contributed by atoms with Gasteiger partial charge in [0.05, 0.1) is 12.4 Å². The molecule has 3 N–H and O–H groups in total. The van der Waals surface area contributed by atoms with Gasteiger partial charge >= 0.3 is 0 Å². The molecule has 1 aromatic rings. The molecule has 0 aromatic carbocycles. The standard InChI is InChI=1S/C13H22N4O/c1-2-6-15-12-7-14-8-13(17-12)16-11-5-3-4-10(11)9-18/h7-8,10-11,18H,2-6,9H2,1H3,(H2,15,16,17). The molecule has 1 fully saturated rings. The summed E-state index contributed by atoms with van der Waals surface area (Å²) in [5.41, 5.74) is 0. The minimum atomic E-state index is 0.249. The van der Waals surface area contributed by atoms with Crippen molar-refractivity contribution < 1.29 is 5.11 Å². The van der Waals surface area contributed by atoms with Gasteiger partial charge in [-0.05, 0) is 19.3 Å². The van der Waals surface area contributed by atoms with Crippen LogP contribution in [0.4, 0.5) is 11.6 Å². The largest absolute Gasteiger partial charge is 0.396 e. The normalized spacial score (nSPS) is 23.0. The summed E-state index contributed by atoms with van der Waals surface area (Å²) in [4.78, 5) is 8.66. The Hall–Kier alpha value is -1.36. The molecule has 0 spiro atoms. The molecule has 0 aliphatic heterocycles. The Labute approximate surface area is 108 Å². The van der Waals surface area contributed by atoms with Crippen LogP contribution in [0.1, 0.15) is 32.6 Å². The number of aliphatic hydroxyl groups is 1. The first-order valence-corrected chi connectivity index (χ1v) is 6.76. The molecule has 5 heteroatoms. The quantitative estimate of drug-likeness (QED) is 0.719. The van der Waals surface area contributed by atoms with E-state index < -0.39 is 0 Å². The molecule has 1 saturated carbocycles. The number of nitrogens with zero attached hydrogens (tertiary/aromatic N) is 2. The van der Waals surface area contributed by atoms with Gasteiger partial charge in [-0.1, -0.05) is 13.3 Å². The van der Waals surface area contributed by atoms with Gasteiger partial charge in [0.1, 0.15) is 11.6 Å². The van der Waals surface area contributed by atoms with E-state index in [0.717, 1.165) is 37.4 Å². The van der Waals surface area contributed by atoms with E-state index in [2.05, 4.69) is 27.5 Å². The third kappa shape index (κ3) is 3.32. The van der Waals surface area contributed by atoms with Crippen LogP contribution in [0.15, 0.2) is 12.4 Å². The van der Waals surface area contributed by atoms with Gasteiger partial charge in [-0.3, -0.25) is 4.98 Å². The van der Waals surface area contributed by atoms with Crippen LogP contribution in [0, 0.1) is 5.92 Å². The highest BCUT2D eigenvalue weighted by atomic mass is 16.3. The van der Waals surface area contributed by atoms with Crippen molar-refractivity contribution in [3.8, 4) is 0 Å². The van der Waals surface area contributed by atoms with Crippen LogP contribution in [-0.2, 0) is 0 Å². The summed E-state index contributed by atoms with van der Waals surface area (Å²) < 4.78 is 0. The molecule has 5 nitrogen and oxygen atoms in total. The molecule has 18 heavy (non-hydrogen) atoms. The summed E-state index contributed by atoms with van der Waals surface area (Å²) in [6.07, 6.45) is 7.90.